The van der Waals surface area contributed by atoms with Gasteiger partial charge in [0.25, 0.3) is 0 Å². The lowest BCUT2D eigenvalue weighted by Crippen LogP contribution is -2.56. The van der Waals surface area contributed by atoms with Crippen molar-refractivity contribution in [2.24, 2.45) is 34.5 Å². The predicted octanol–water partition coefficient (Wildman–Crippen LogP) is 1.78. The van der Waals surface area contributed by atoms with Gasteiger partial charge >= 0.3 is 5.97 Å². The Bertz CT molecular complexity index is 754. The molecule has 1 heterocycles. The molecule has 0 bridgehead atoms. The molecule has 5 rings (SSSR count). The van der Waals surface area contributed by atoms with Gasteiger partial charge in [0.15, 0.2) is 11.9 Å². The minimum atomic E-state index is -1.07. The Balaban J connectivity index is 1.55. The third-order valence-corrected chi connectivity index (χ3v) is 8.43. The van der Waals surface area contributed by atoms with Crippen molar-refractivity contribution in [3.63, 3.8) is 0 Å². The van der Waals surface area contributed by atoms with E-state index in [1.165, 1.54) is 0 Å². The fourth-order valence-electron chi connectivity index (χ4n) is 7.40. The molecule has 0 amide bonds. The van der Waals surface area contributed by atoms with Gasteiger partial charge in [-0.2, -0.15) is 0 Å². The molecule has 9 atom stereocenters. The quantitative estimate of drug-likeness (QED) is 0.645. The van der Waals surface area contributed by atoms with Gasteiger partial charge in [-0.25, -0.2) is 4.79 Å². The van der Waals surface area contributed by atoms with E-state index < -0.39 is 18.2 Å². The van der Waals surface area contributed by atoms with Crippen molar-refractivity contribution in [1.82, 2.24) is 0 Å². The van der Waals surface area contributed by atoms with Crippen LogP contribution in [0, 0.1) is 34.5 Å². The highest BCUT2D eigenvalue weighted by Gasteiger charge is 2.68. The average Bonchev–Trinajstić information content (AvgIpc) is 3.01. The van der Waals surface area contributed by atoms with E-state index >= 15 is 0 Å². The average molecular weight is 358 g/mol. The number of esters is 1. The molecule has 1 saturated heterocycles. The largest absolute Gasteiger partial charge is 0.460 e. The van der Waals surface area contributed by atoms with Crippen LogP contribution in [0.15, 0.2) is 23.8 Å². The summed E-state index contributed by atoms with van der Waals surface area (Å²) in [5.41, 5.74) is 0.561. The molecule has 26 heavy (non-hydrogen) atoms. The summed E-state index contributed by atoms with van der Waals surface area (Å²) in [5, 5.41) is 21.6. The van der Waals surface area contributed by atoms with Crippen molar-refractivity contribution in [2.45, 2.75) is 57.8 Å². The molecule has 2 N–H and O–H groups in total. The second-order valence-electron chi connectivity index (χ2n) is 9.48. The van der Waals surface area contributed by atoms with Crippen LogP contribution < -0.4 is 0 Å². The number of carbonyl (C=O) groups is 2. The smallest absolute Gasteiger partial charge is 0.335 e. The predicted molar refractivity (Wildman–Crippen MR) is 92.8 cm³/mol. The first kappa shape index (κ1) is 16.7. The summed E-state index contributed by atoms with van der Waals surface area (Å²) in [6, 6.07) is 0. The molecule has 140 valence electrons. The van der Waals surface area contributed by atoms with Gasteiger partial charge in [-0.1, -0.05) is 25.5 Å². The van der Waals surface area contributed by atoms with Crippen molar-refractivity contribution < 1.29 is 24.5 Å². The fraction of sp³-hybridized carbons (Fsp3) is 0.714. The van der Waals surface area contributed by atoms with Gasteiger partial charge in [0, 0.05) is 17.3 Å². The zero-order valence-electron chi connectivity index (χ0n) is 15.2. The first-order valence-corrected chi connectivity index (χ1v) is 9.76. The molecule has 5 nitrogen and oxygen atoms in total. The number of ether oxygens (including phenoxy) is 1. The molecule has 0 spiro atoms. The lowest BCUT2D eigenvalue weighted by atomic mass is 9.46. The fourth-order valence-corrected chi connectivity index (χ4v) is 7.40. The Hall–Kier alpha value is -1.46. The van der Waals surface area contributed by atoms with Crippen LogP contribution in [0.25, 0.3) is 0 Å². The van der Waals surface area contributed by atoms with E-state index in [4.69, 9.17) is 4.74 Å². The van der Waals surface area contributed by atoms with Gasteiger partial charge < -0.3 is 14.9 Å². The number of ketones is 1. The van der Waals surface area contributed by atoms with Gasteiger partial charge in [0.05, 0.1) is 6.10 Å². The first-order chi connectivity index (χ1) is 12.3. The lowest BCUT2D eigenvalue weighted by Gasteiger charge is -2.58. The Labute approximate surface area is 153 Å². The molecule has 4 fully saturated rings. The van der Waals surface area contributed by atoms with E-state index in [2.05, 4.69) is 13.8 Å². The molecule has 0 aromatic heterocycles. The highest BCUT2D eigenvalue weighted by Crippen LogP contribution is 2.67. The zero-order valence-corrected chi connectivity index (χ0v) is 15.2. The number of allylic oxidation sites excluding steroid dienone is 4. The number of hydrogen-bond acceptors (Lipinski definition) is 5. The highest BCUT2D eigenvalue weighted by atomic mass is 16.6. The summed E-state index contributed by atoms with van der Waals surface area (Å²) in [6.07, 6.45) is 6.72. The van der Waals surface area contributed by atoms with Crippen LogP contribution in [-0.4, -0.2) is 40.3 Å². The standard InChI is InChI=1S/C21H26O5/c1-20-6-5-11(22)7-10(20)3-4-12-13-8-15-17(18(24)19(25)26-15)21(13,2)9-14(23)16(12)20/h5-7,12-18,23-24H,3-4,8-9H2,1-2H3/t12-,13+,14+,15+,16+,17-,18?,20-,21-/m0/s1. The van der Waals surface area contributed by atoms with Crippen molar-refractivity contribution in [3.05, 3.63) is 23.8 Å². The lowest BCUT2D eigenvalue weighted by molar-refractivity contribution is -0.153. The monoisotopic (exact) mass is 358 g/mol. The molecule has 0 aromatic rings. The second-order valence-corrected chi connectivity index (χ2v) is 9.48. The highest BCUT2D eigenvalue weighted by molar-refractivity contribution is 6.01. The molecule has 0 aromatic carbocycles. The van der Waals surface area contributed by atoms with E-state index in [0.29, 0.717) is 18.3 Å². The van der Waals surface area contributed by atoms with Gasteiger partial charge in [-0.3, -0.25) is 4.79 Å². The maximum Gasteiger partial charge on any atom is 0.335 e. The Morgan fingerprint density at radius 3 is 2.73 bits per heavy atom. The van der Waals surface area contributed by atoms with Gasteiger partial charge in [0.2, 0.25) is 0 Å². The van der Waals surface area contributed by atoms with Crippen LogP contribution in [0.5, 0.6) is 0 Å². The van der Waals surface area contributed by atoms with E-state index in [-0.39, 0.29) is 34.6 Å². The summed E-state index contributed by atoms with van der Waals surface area (Å²) in [4.78, 5) is 23.7. The number of fused-ring (bicyclic) bond motifs is 7. The zero-order chi connectivity index (χ0) is 18.4. The molecule has 5 heteroatoms. The second kappa shape index (κ2) is 5.08. The summed E-state index contributed by atoms with van der Waals surface area (Å²) in [7, 11) is 0. The maximum atomic E-state index is 11.9. The van der Waals surface area contributed by atoms with E-state index in [1.54, 1.807) is 12.2 Å². The molecular weight excluding hydrogens is 332 g/mol. The topological polar surface area (TPSA) is 83.8 Å². The number of hydrogen-bond donors (Lipinski definition) is 2. The molecular formula is C21H26O5. The minimum Gasteiger partial charge on any atom is -0.460 e. The Kier molecular flexibility index (Phi) is 3.26. The summed E-state index contributed by atoms with van der Waals surface area (Å²) >= 11 is 0. The third-order valence-electron chi connectivity index (χ3n) is 8.43. The van der Waals surface area contributed by atoms with E-state index in [1.807, 2.05) is 6.08 Å². The summed E-state index contributed by atoms with van der Waals surface area (Å²) in [6.45, 7) is 4.27. The van der Waals surface area contributed by atoms with Crippen LogP contribution in [0.4, 0.5) is 0 Å². The van der Waals surface area contributed by atoms with Gasteiger partial charge in [0.1, 0.15) is 6.10 Å². The van der Waals surface area contributed by atoms with E-state index in [0.717, 1.165) is 24.8 Å². The number of carbonyl (C=O) groups excluding carboxylic acids is 2. The van der Waals surface area contributed by atoms with Crippen LogP contribution in [-0.2, 0) is 14.3 Å². The SMILES string of the molecule is C[C@]12C[C@@H](O)[C@H]3[C@@H](CCC4=CC(=O)C=C[C@@]43C)[C@H]1C[C@H]1OC(=O)C(O)[C@H]12. The molecule has 1 unspecified atom stereocenters. The molecule has 3 saturated carbocycles. The minimum absolute atomic E-state index is 0.0384. The maximum absolute atomic E-state index is 11.9. The van der Waals surface area contributed by atoms with Crippen molar-refractivity contribution in [1.29, 1.82) is 0 Å². The van der Waals surface area contributed by atoms with Gasteiger partial charge in [-0.15, -0.1) is 0 Å². The number of rotatable bonds is 0. The van der Waals surface area contributed by atoms with Crippen molar-refractivity contribution in [3.8, 4) is 0 Å². The Morgan fingerprint density at radius 2 is 1.96 bits per heavy atom. The third kappa shape index (κ3) is 1.88. The molecule has 4 aliphatic carbocycles. The van der Waals surface area contributed by atoms with E-state index in [9.17, 15) is 19.8 Å². The van der Waals surface area contributed by atoms with Crippen LogP contribution in [0.3, 0.4) is 0 Å². The van der Waals surface area contributed by atoms with Crippen LogP contribution >= 0.6 is 0 Å². The van der Waals surface area contributed by atoms with Crippen molar-refractivity contribution in [2.75, 3.05) is 0 Å². The van der Waals surface area contributed by atoms with Gasteiger partial charge in [-0.05, 0) is 55.1 Å². The molecule has 5 aliphatic rings. The summed E-state index contributed by atoms with van der Waals surface area (Å²) in [5.74, 6) is 0.000981. The Morgan fingerprint density at radius 1 is 1.19 bits per heavy atom. The number of aliphatic hydroxyl groups excluding tert-OH is 2. The normalized spacial score (nSPS) is 54.8. The number of aliphatic hydroxyl groups is 2. The molecule has 1 aliphatic heterocycles. The van der Waals surface area contributed by atoms with Crippen LogP contribution in [0.2, 0.25) is 0 Å². The van der Waals surface area contributed by atoms with Crippen LogP contribution in [0.1, 0.15) is 39.5 Å². The molecule has 0 radical (unpaired) electrons. The van der Waals surface area contributed by atoms with Crippen molar-refractivity contribution >= 4 is 11.8 Å². The summed E-state index contributed by atoms with van der Waals surface area (Å²) < 4.78 is 5.47. The first-order valence-electron chi connectivity index (χ1n) is 9.76.